The van der Waals surface area contributed by atoms with E-state index in [0.717, 1.165) is 53.3 Å². The number of nitrogens with one attached hydrogen (secondary N) is 1. The third-order valence-corrected chi connectivity index (χ3v) is 9.42. The van der Waals surface area contributed by atoms with Crippen molar-refractivity contribution in [2.75, 3.05) is 60.2 Å². The number of aryl methyl sites for hydroxylation is 1. The summed E-state index contributed by atoms with van der Waals surface area (Å²) in [4.78, 5) is 16.8. The van der Waals surface area contributed by atoms with Crippen molar-refractivity contribution < 1.29 is 13.2 Å². The first-order valence-electron chi connectivity index (χ1n) is 10.8. The summed E-state index contributed by atoms with van der Waals surface area (Å²) in [5.74, 6) is 1.25. The van der Waals surface area contributed by atoms with Crippen LogP contribution in [0.15, 0.2) is 4.34 Å². The van der Waals surface area contributed by atoms with Gasteiger partial charge in [-0.05, 0) is 26.0 Å². The molecule has 1 N–H and O–H groups in total. The second-order valence-corrected chi connectivity index (χ2v) is 12.9. The molecule has 13 heteroatoms. The molecule has 32 heavy (non-hydrogen) atoms. The van der Waals surface area contributed by atoms with E-state index in [-0.39, 0.29) is 23.5 Å². The molecule has 4 rings (SSSR count). The topological polar surface area (TPSA) is 113 Å². The number of nitrogens with zero attached hydrogens (tertiary/aromatic N) is 6. The van der Waals surface area contributed by atoms with Crippen molar-refractivity contribution in [1.29, 1.82) is 0 Å². The smallest absolute Gasteiger partial charge is 0.240 e. The van der Waals surface area contributed by atoms with Gasteiger partial charge in [0, 0.05) is 26.2 Å². The van der Waals surface area contributed by atoms with Crippen LogP contribution in [0.2, 0.25) is 0 Å². The Morgan fingerprint density at radius 2 is 1.97 bits per heavy atom. The third-order valence-electron chi connectivity index (χ3n) is 5.82. The first kappa shape index (κ1) is 23.5. The van der Waals surface area contributed by atoms with Gasteiger partial charge in [-0.2, -0.15) is 5.10 Å². The Labute approximate surface area is 196 Å². The van der Waals surface area contributed by atoms with Crippen molar-refractivity contribution in [3.05, 3.63) is 11.4 Å². The lowest BCUT2D eigenvalue weighted by molar-refractivity contribution is -0.117. The van der Waals surface area contributed by atoms with Crippen molar-refractivity contribution in [2.24, 2.45) is 0 Å². The molecule has 0 radical (unpaired) electrons. The molecule has 2 aliphatic heterocycles. The van der Waals surface area contributed by atoms with Crippen molar-refractivity contribution in [3.63, 3.8) is 0 Å². The van der Waals surface area contributed by atoms with Crippen LogP contribution in [0.3, 0.4) is 0 Å². The highest BCUT2D eigenvalue weighted by molar-refractivity contribution is 8.01. The lowest BCUT2D eigenvalue weighted by Gasteiger charge is -2.35. The maximum atomic E-state index is 12.4. The van der Waals surface area contributed by atoms with Crippen LogP contribution in [0.5, 0.6) is 0 Å². The van der Waals surface area contributed by atoms with Crippen molar-refractivity contribution in [2.45, 2.75) is 37.6 Å². The lowest BCUT2D eigenvalue weighted by Crippen LogP contribution is -2.49. The molecular formula is C19H29N7O3S3. The highest BCUT2D eigenvalue weighted by atomic mass is 32.2. The van der Waals surface area contributed by atoms with Crippen LogP contribution in [-0.4, -0.2) is 89.2 Å². The van der Waals surface area contributed by atoms with Gasteiger partial charge in [-0.3, -0.25) is 19.7 Å². The molecule has 10 nitrogen and oxygen atoms in total. The summed E-state index contributed by atoms with van der Waals surface area (Å²) in [6, 6.07) is -0.0750. The maximum Gasteiger partial charge on any atom is 0.240 e. The van der Waals surface area contributed by atoms with E-state index in [1.807, 2.05) is 18.5 Å². The summed E-state index contributed by atoms with van der Waals surface area (Å²) in [6.45, 7) is 9.49. The predicted octanol–water partition coefficient (Wildman–Crippen LogP) is 1.58. The predicted molar refractivity (Wildman–Crippen MR) is 128 cm³/mol. The van der Waals surface area contributed by atoms with Crippen LogP contribution in [0.25, 0.3) is 0 Å². The zero-order chi connectivity index (χ0) is 22.9. The molecule has 2 aromatic rings. The summed E-state index contributed by atoms with van der Waals surface area (Å²) >= 11 is 3.01. The minimum Gasteiger partial charge on any atom is -0.366 e. The number of sulfone groups is 1. The fraction of sp³-hybridized carbons (Fsp3) is 0.684. The molecule has 2 aliphatic rings. The summed E-state index contributed by atoms with van der Waals surface area (Å²) < 4.78 is 26.5. The van der Waals surface area contributed by atoms with Crippen molar-refractivity contribution in [3.8, 4) is 0 Å². The van der Waals surface area contributed by atoms with Gasteiger partial charge in [0.2, 0.25) is 11.0 Å². The Kier molecular flexibility index (Phi) is 7.08. The quantitative estimate of drug-likeness (QED) is 0.448. The summed E-state index contributed by atoms with van der Waals surface area (Å²) in [5.41, 5.74) is 3.04. The van der Waals surface area contributed by atoms with E-state index < -0.39 is 9.84 Å². The molecule has 2 fully saturated rings. The van der Waals surface area contributed by atoms with Gasteiger partial charge < -0.3 is 4.90 Å². The highest BCUT2D eigenvalue weighted by Gasteiger charge is 2.32. The molecule has 1 atom stereocenters. The highest BCUT2D eigenvalue weighted by Crippen LogP contribution is 2.31. The molecule has 0 aromatic carbocycles. The fourth-order valence-electron chi connectivity index (χ4n) is 4.37. The SMILES string of the molecule is CCSc1nnc(NC(=O)CN2CCN(c3c(C)nn([C@@H]4CCS(=O)(=O)C4)c3C)CC2)s1. The zero-order valence-electron chi connectivity index (χ0n) is 18.6. The van der Waals surface area contributed by atoms with E-state index in [1.165, 1.54) is 11.3 Å². The number of anilines is 2. The van der Waals surface area contributed by atoms with Crippen LogP contribution in [-0.2, 0) is 14.6 Å². The number of hydrogen-bond donors (Lipinski definition) is 1. The van der Waals surface area contributed by atoms with Gasteiger partial charge >= 0.3 is 0 Å². The molecule has 2 aromatic heterocycles. The molecule has 4 heterocycles. The van der Waals surface area contributed by atoms with Crippen LogP contribution < -0.4 is 10.2 Å². The van der Waals surface area contributed by atoms with Crippen molar-refractivity contribution >= 4 is 49.7 Å². The van der Waals surface area contributed by atoms with Crippen LogP contribution in [0, 0.1) is 13.8 Å². The average Bonchev–Trinajstić information content (AvgIpc) is 3.40. The van der Waals surface area contributed by atoms with Gasteiger partial charge in [0.15, 0.2) is 14.2 Å². The van der Waals surface area contributed by atoms with E-state index >= 15 is 0 Å². The number of amides is 1. The monoisotopic (exact) mass is 499 g/mol. The first-order valence-corrected chi connectivity index (χ1v) is 14.4. The number of aromatic nitrogens is 4. The molecule has 2 saturated heterocycles. The first-order chi connectivity index (χ1) is 15.3. The number of hydrogen-bond acceptors (Lipinski definition) is 10. The average molecular weight is 500 g/mol. The number of carbonyl (C=O) groups is 1. The molecule has 0 unspecified atom stereocenters. The fourth-order valence-corrected chi connectivity index (χ4v) is 7.73. The number of carbonyl (C=O) groups excluding carboxylic acids is 1. The standard InChI is InChI=1S/C19H29N7O3S3/c1-4-30-19-22-21-18(31-19)20-16(27)11-24-6-8-25(9-7-24)17-13(2)23-26(14(17)3)15-5-10-32(28,29)12-15/h15H,4-12H2,1-3H3,(H,20,21,27)/t15-/m1/s1. The van der Waals surface area contributed by atoms with E-state index in [1.54, 1.807) is 11.8 Å². The molecule has 176 valence electrons. The van der Waals surface area contributed by atoms with Crippen LogP contribution in [0.4, 0.5) is 10.8 Å². The minimum absolute atomic E-state index is 0.0750. The van der Waals surface area contributed by atoms with Gasteiger partial charge in [-0.25, -0.2) is 8.42 Å². The molecule has 0 saturated carbocycles. The third kappa shape index (κ3) is 5.26. The molecule has 0 spiro atoms. The summed E-state index contributed by atoms with van der Waals surface area (Å²) in [6.07, 6.45) is 0.625. The van der Waals surface area contributed by atoms with Crippen LogP contribution >= 0.6 is 23.1 Å². The Morgan fingerprint density at radius 1 is 1.22 bits per heavy atom. The molecule has 1 amide bonds. The Balaban J connectivity index is 1.32. The Hall–Kier alpha value is -1.70. The maximum absolute atomic E-state index is 12.4. The zero-order valence-corrected chi connectivity index (χ0v) is 21.0. The second-order valence-electron chi connectivity index (χ2n) is 8.14. The lowest BCUT2D eigenvalue weighted by atomic mass is 10.2. The molecule has 0 bridgehead atoms. The van der Waals surface area contributed by atoms with Crippen molar-refractivity contribution in [1.82, 2.24) is 24.9 Å². The van der Waals surface area contributed by atoms with Gasteiger partial charge in [0.25, 0.3) is 0 Å². The Bertz CT molecular complexity index is 1070. The van der Waals surface area contributed by atoms with Gasteiger partial charge in [0.05, 0.1) is 41.2 Å². The van der Waals surface area contributed by atoms with Gasteiger partial charge in [-0.1, -0.05) is 30.0 Å². The Morgan fingerprint density at radius 3 is 2.62 bits per heavy atom. The number of thioether (sulfide) groups is 1. The normalized spacial score (nSPS) is 21.2. The largest absolute Gasteiger partial charge is 0.366 e. The summed E-state index contributed by atoms with van der Waals surface area (Å²) in [7, 11) is -2.96. The number of rotatable bonds is 7. The minimum atomic E-state index is -2.96. The van der Waals surface area contributed by atoms with Crippen LogP contribution in [0.1, 0.15) is 30.8 Å². The number of piperazine rings is 1. The van der Waals surface area contributed by atoms with Gasteiger partial charge in [-0.15, -0.1) is 10.2 Å². The van der Waals surface area contributed by atoms with E-state index in [4.69, 9.17) is 0 Å². The van der Waals surface area contributed by atoms with E-state index in [2.05, 4.69) is 37.3 Å². The molecule has 0 aliphatic carbocycles. The van der Waals surface area contributed by atoms with E-state index in [0.29, 0.717) is 18.1 Å². The summed E-state index contributed by atoms with van der Waals surface area (Å²) in [5, 5.41) is 16.2. The van der Waals surface area contributed by atoms with E-state index in [9.17, 15) is 13.2 Å². The molecular weight excluding hydrogens is 470 g/mol. The second kappa shape index (κ2) is 9.65. The van der Waals surface area contributed by atoms with Gasteiger partial charge in [0.1, 0.15) is 0 Å².